The van der Waals surface area contributed by atoms with E-state index in [4.69, 9.17) is 9.72 Å². The van der Waals surface area contributed by atoms with Crippen molar-refractivity contribution in [1.82, 2.24) is 10.3 Å². The van der Waals surface area contributed by atoms with E-state index in [1.54, 1.807) is 7.11 Å². The predicted molar refractivity (Wildman–Crippen MR) is 72.9 cm³/mol. The number of pyridine rings is 1. The second-order valence-electron chi connectivity index (χ2n) is 5.12. The lowest BCUT2D eigenvalue weighted by atomic mass is 9.95. The first-order chi connectivity index (χ1) is 8.71. The third kappa shape index (κ3) is 1.85. The number of rotatable bonds is 2. The molecule has 1 fully saturated rings. The van der Waals surface area contributed by atoms with Gasteiger partial charge in [-0.1, -0.05) is 6.07 Å². The molecule has 3 rings (SSSR count). The summed E-state index contributed by atoms with van der Waals surface area (Å²) in [5.41, 5.74) is 2.20. The molecular formula is C15H18N2O. The molecule has 0 aliphatic carbocycles. The molecule has 2 aromatic rings. The van der Waals surface area contributed by atoms with Crippen LogP contribution in [-0.2, 0) is 5.54 Å². The van der Waals surface area contributed by atoms with E-state index in [0.29, 0.717) is 0 Å². The van der Waals surface area contributed by atoms with Crippen molar-refractivity contribution in [3.8, 4) is 5.75 Å². The van der Waals surface area contributed by atoms with Crippen LogP contribution >= 0.6 is 0 Å². The number of hydrogen-bond acceptors (Lipinski definition) is 3. The molecule has 1 N–H and O–H groups in total. The molecule has 1 saturated heterocycles. The first-order valence-corrected chi connectivity index (χ1v) is 6.42. The Morgan fingerprint density at radius 3 is 2.89 bits per heavy atom. The van der Waals surface area contributed by atoms with E-state index < -0.39 is 0 Å². The highest BCUT2D eigenvalue weighted by Crippen LogP contribution is 2.30. The van der Waals surface area contributed by atoms with Gasteiger partial charge in [0.25, 0.3) is 0 Å². The highest BCUT2D eigenvalue weighted by molar-refractivity contribution is 5.80. The smallest absolute Gasteiger partial charge is 0.119 e. The molecule has 2 heterocycles. The van der Waals surface area contributed by atoms with E-state index >= 15 is 0 Å². The number of ether oxygens (including phenoxy) is 1. The summed E-state index contributed by atoms with van der Waals surface area (Å²) in [6.07, 6.45) is 2.38. The third-order valence-electron chi connectivity index (χ3n) is 3.83. The Labute approximate surface area is 107 Å². The largest absolute Gasteiger partial charge is 0.497 e. The third-order valence-corrected chi connectivity index (χ3v) is 3.83. The van der Waals surface area contributed by atoms with Gasteiger partial charge in [0.1, 0.15) is 5.75 Å². The molecule has 18 heavy (non-hydrogen) atoms. The molecule has 1 aromatic heterocycles. The van der Waals surface area contributed by atoms with Gasteiger partial charge in [-0.05, 0) is 50.6 Å². The molecule has 0 radical (unpaired) electrons. The lowest BCUT2D eigenvalue weighted by Gasteiger charge is -2.23. The average molecular weight is 242 g/mol. The number of benzene rings is 1. The van der Waals surface area contributed by atoms with E-state index in [0.717, 1.165) is 35.3 Å². The molecule has 1 aliphatic heterocycles. The van der Waals surface area contributed by atoms with Gasteiger partial charge >= 0.3 is 0 Å². The van der Waals surface area contributed by atoms with E-state index in [2.05, 4.69) is 24.4 Å². The Hall–Kier alpha value is -1.61. The van der Waals surface area contributed by atoms with Gasteiger partial charge in [0, 0.05) is 5.39 Å². The molecule has 1 atom stereocenters. The highest BCUT2D eigenvalue weighted by atomic mass is 16.5. The van der Waals surface area contributed by atoms with Crippen molar-refractivity contribution >= 4 is 10.9 Å². The van der Waals surface area contributed by atoms with Crippen LogP contribution in [0.1, 0.15) is 25.5 Å². The average Bonchev–Trinajstić information content (AvgIpc) is 2.85. The fourth-order valence-electron chi connectivity index (χ4n) is 2.65. The van der Waals surface area contributed by atoms with Gasteiger partial charge in [0.05, 0.1) is 23.9 Å². The number of aromatic nitrogens is 1. The molecule has 1 unspecified atom stereocenters. The fraction of sp³-hybridized carbons (Fsp3) is 0.400. The van der Waals surface area contributed by atoms with Gasteiger partial charge < -0.3 is 10.1 Å². The van der Waals surface area contributed by atoms with Crippen LogP contribution in [0.15, 0.2) is 30.3 Å². The minimum absolute atomic E-state index is 0.0358. The summed E-state index contributed by atoms with van der Waals surface area (Å²) in [7, 11) is 1.69. The summed E-state index contributed by atoms with van der Waals surface area (Å²) in [6, 6.07) is 10.3. The molecule has 0 saturated carbocycles. The molecule has 0 bridgehead atoms. The second kappa shape index (κ2) is 4.25. The second-order valence-corrected chi connectivity index (χ2v) is 5.12. The zero-order valence-corrected chi connectivity index (χ0v) is 10.9. The van der Waals surface area contributed by atoms with Crippen LogP contribution in [-0.4, -0.2) is 18.6 Å². The van der Waals surface area contributed by atoms with Crippen molar-refractivity contribution in [1.29, 1.82) is 0 Å². The number of methoxy groups -OCH3 is 1. The zero-order chi connectivity index (χ0) is 12.6. The van der Waals surface area contributed by atoms with Crippen molar-refractivity contribution in [3.63, 3.8) is 0 Å². The van der Waals surface area contributed by atoms with Crippen molar-refractivity contribution in [2.24, 2.45) is 0 Å². The highest BCUT2D eigenvalue weighted by Gasteiger charge is 2.31. The van der Waals surface area contributed by atoms with Crippen LogP contribution in [0.3, 0.4) is 0 Å². The van der Waals surface area contributed by atoms with Crippen molar-refractivity contribution in [2.45, 2.75) is 25.3 Å². The minimum Gasteiger partial charge on any atom is -0.497 e. The summed E-state index contributed by atoms with van der Waals surface area (Å²) in [4.78, 5) is 4.79. The predicted octanol–water partition coefficient (Wildman–Crippen LogP) is 2.84. The molecule has 1 aromatic carbocycles. The van der Waals surface area contributed by atoms with E-state index in [9.17, 15) is 0 Å². The Bertz CT molecular complexity index is 574. The lowest BCUT2D eigenvalue weighted by molar-refractivity contribution is 0.415. The molecule has 94 valence electrons. The van der Waals surface area contributed by atoms with Crippen molar-refractivity contribution in [2.75, 3.05) is 13.7 Å². The van der Waals surface area contributed by atoms with Gasteiger partial charge in [-0.3, -0.25) is 4.98 Å². The Morgan fingerprint density at radius 1 is 1.28 bits per heavy atom. The van der Waals surface area contributed by atoms with Gasteiger partial charge in [-0.25, -0.2) is 0 Å². The fourth-order valence-corrected chi connectivity index (χ4v) is 2.65. The number of nitrogens with one attached hydrogen (secondary N) is 1. The van der Waals surface area contributed by atoms with Crippen LogP contribution in [0.2, 0.25) is 0 Å². The van der Waals surface area contributed by atoms with E-state index in [1.165, 1.54) is 6.42 Å². The molecule has 3 nitrogen and oxygen atoms in total. The summed E-state index contributed by atoms with van der Waals surface area (Å²) in [5, 5.41) is 4.67. The van der Waals surface area contributed by atoms with Crippen LogP contribution in [0, 0.1) is 0 Å². The van der Waals surface area contributed by atoms with E-state index in [-0.39, 0.29) is 5.54 Å². The SMILES string of the molecule is COc1ccc2nc(C3(C)CCCN3)ccc2c1. The maximum Gasteiger partial charge on any atom is 0.119 e. The number of fused-ring (bicyclic) bond motifs is 1. The monoisotopic (exact) mass is 242 g/mol. The number of hydrogen-bond donors (Lipinski definition) is 1. The first-order valence-electron chi connectivity index (χ1n) is 6.42. The van der Waals surface area contributed by atoms with Crippen LogP contribution in [0.25, 0.3) is 10.9 Å². The Morgan fingerprint density at radius 2 is 2.17 bits per heavy atom. The van der Waals surface area contributed by atoms with Gasteiger partial charge in [0.2, 0.25) is 0 Å². The van der Waals surface area contributed by atoms with Gasteiger partial charge in [0.15, 0.2) is 0 Å². The summed E-state index contributed by atoms with van der Waals surface area (Å²) in [6.45, 7) is 3.32. The molecule has 3 heteroatoms. The van der Waals surface area contributed by atoms with Crippen LogP contribution < -0.4 is 10.1 Å². The van der Waals surface area contributed by atoms with Crippen LogP contribution in [0.4, 0.5) is 0 Å². The van der Waals surface area contributed by atoms with Crippen molar-refractivity contribution < 1.29 is 4.74 Å². The standard InChI is InChI=1S/C15H18N2O/c1-15(8-3-9-16-15)14-7-4-11-10-12(18-2)5-6-13(11)17-14/h4-7,10,16H,3,8-9H2,1-2H3. The summed E-state index contributed by atoms with van der Waals surface area (Å²) < 4.78 is 5.23. The minimum atomic E-state index is 0.0358. The van der Waals surface area contributed by atoms with Crippen LogP contribution in [0.5, 0.6) is 5.75 Å². The van der Waals surface area contributed by atoms with E-state index in [1.807, 2.05) is 18.2 Å². The van der Waals surface area contributed by atoms with Gasteiger partial charge in [-0.2, -0.15) is 0 Å². The quantitative estimate of drug-likeness (QED) is 0.879. The van der Waals surface area contributed by atoms with Crippen molar-refractivity contribution in [3.05, 3.63) is 36.0 Å². The Balaban J connectivity index is 2.06. The molecular weight excluding hydrogens is 224 g/mol. The molecule has 1 aliphatic rings. The normalized spacial score (nSPS) is 23.4. The molecule has 0 spiro atoms. The maximum absolute atomic E-state index is 5.23. The van der Waals surface area contributed by atoms with Gasteiger partial charge in [-0.15, -0.1) is 0 Å². The maximum atomic E-state index is 5.23. The topological polar surface area (TPSA) is 34.1 Å². The molecule has 0 amide bonds. The number of nitrogens with zero attached hydrogens (tertiary/aromatic N) is 1. The zero-order valence-electron chi connectivity index (χ0n) is 10.9. The lowest BCUT2D eigenvalue weighted by Crippen LogP contribution is -2.34. The Kier molecular flexibility index (Phi) is 2.71. The summed E-state index contributed by atoms with van der Waals surface area (Å²) in [5.74, 6) is 0.877. The first kappa shape index (κ1) is 11.5. The summed E-state index contributed by atoms with van der Waals surface area (Å²) >= 11 is 0.